The second-order valence-electron chi connectivity index (χ2n) is 6.99. The number of nitrogens with zero attached hydrogens (tertiary/aromatic N) is 1. The molecule has 180 valence electrons. The van der Waals surface area contributed by atoms with Crippen LogP contribution >= 0.6 is 15.9 Å². The summed E-state index contributed by atoms with van der Waals surface area (Å²) < 4.78 is 51.8. The zero-order chi connectivity index (χ0) is 24.8. The maximum absolute atomic E-state index is 13.9. The highest BCUT2D eigenvalue weighted by molar-refractivity contribution is 9.09. The molecule has 1 aromatic carbocycles. The van der Waals surface area contributed by atoms with Gasteiger partial charge in [0.2, 0.25) is 0 Å². The van der Waals surface area contributed by atoms with Crippen LogP contribution in [0.25, 0.3) is 0 Å². The van der Waals surface area contributed by atoms with Crippen molar-refractivity contribution in [2.24, 2.45) is 0 Å². The number of nitro groups is 1. The molecule has 0 saturated heterocycles. The van der Waals surface area contributed by atoms with Crippen LogP contribution in [0.3, 0.4) is 0 Å². The molecule has 1 atom stereocenters. The van der Waals surface area contributed by atoms with Gasteiger partial charge in [0, 0.05) is 23.2 Å². The third kappa shape index (κ3) is 6.34. The molecule has 0 fully saturated rings. The third-order valence-corrected chi connectivity index (χ3v) is 5.30. The van der Waals surface area contributed by atoms with Crippen LogP contribution < -0.4 is 5.32 Å². The summed E-state index contributed by atoms with van der Waals surface area (Å²) in [6, 6.07) is 4.74. The maximum Gasteiger partial charge on any atom is 0.431 e. The van der Waals surface area contributed by atoms with Crippen LogP contribution in [-0.2, 0) is 19.1 Å². The monoisotopic (exact) mass is 534 g/mol. The van der Waals surface area contributed by atoms with E-state index in [1.54, 1.807) is 0 Å². The average molecular weight is 535 g/mol. The lowest BCUT2D eigenvalue weighted by atomic mass is 9.80. The van der Waals surface area contributed by atoms with Gasteiger partial charge in [-0.25, -0.2) is 9.59 Å². The Morgan fingerprint density at radius 2 is 1.85 bits per heavy atom. The average Bonchev–Trinajstić information content (AvgIpc) is 2.75. The van der Waals surface area contributed by atoms with Crippen LogP contribution in [0, 0.1) is 10.1 Å². The maximum atomic E-state index is 13.9. The summed E-state index contributed by atoms with van der Waals surface area (Å²) in [6.45, 7) is 2.45. The van der Waals surface area contributed by atoms with Crippen LogP contribution in [-0.4, -0.2) is 41.6 Å². The van der Waals surface area contributed by atoms with E-state index in [1.165, 1.54) is 26.0 Å². The Hall–Kier alpha value is -2.89. The fourth-order valence-electron chi connectivity index (χ4n) is 3.34. The van der Waals surface area contributed by atoms with E-state index in [-0.39, 0.29) is 30.0 Å². The second-order valence-corrected chi connectivity index (χ2v) is 7.78. The molecule has 1 heterocycles. The largest absolute Gasteiger partial charge is 0.463 e. The minimum absolute atomic E-state index is 0.00739. The molecule has 0 spiro atoms. The highest BCUT2D eigenvalue weighted by Crippen LogP contribution is 2.44. The summed E-state index contributed by atoms with van der Waals surface area (Å²) in [5.74, 6) is -3.83. The summed E-state index contributed by atoms with van der Waals surface area (Å²) in [7, 11) is 0. The predicted molar refractivity (Wildman–Crippen MR) is 115 cm³/mol. The fourth-order valence-corrected chi connectivity index (χ4v) is 3.74. The number of non-ortho nitro benzene ring substituents is 1. The van der Waals surface area contributed by atoms with Crippen molar-refractivity contribution in [2.45, 2.75) is 38.8 Å². The predicted octanol–water partition coefficient (Wildman–Crippen LogP) is 4.65. The molecule has 1 unspecified atom stereocenters. The number of carbonyl (C=O) groups is 2. The number of hydrogen-bond acceptors (Lipinski definition) is 7. The lowest BCUT2D eigenvalue weighted by Gasteiger charge is -2.32. The Kier molecular flexibility index (Phi) is 9.03. The van der Waals surface area contributed by atoms with Crippen molar-refractivity contribution >= 4 is 33.6 Å². The second kappa shape index (κ2) is 11.3. The Labute approximate surface area is 196 Å². The number of rotatable bonds is 9. The van der Waals surface area contributed by atoms with Crippen molar-refractivity contribution in [3.63, 3.8) is 0 Å². The number of alkyl halides is 4. The smallest absolute Gasteiger partial charge is 0.431 e. The highest BCUT2D eigenvalue weighted by atomic mass is 79.9. The number of hydrogen-bond donors (Lipinski definition) is 1. The minimum Gasteiger partial charge on any atom is -0.463 e. The lowest BCUT2D eigenvalue weighted by Crippen LogP contribution is -2.38. The van der Waals surface area contributed by atoms with E-state index < -0.39 is 45.9 Å². The molecule has 12 heteroatoms. The van der Waals surface area contributed by atoms with Crippen molar-refractivity contribution in [3.8, 4) is 0 Å². The summed E-state index contributed by atoms with van der Waals surface area (Å²) in [6.07, 6.45) is -3.79. The van der Waals surface area contributed by atoms with Crippen molar-refractivity contribution < 1.29 is 37.2 Å². The number of benzene rings is 1. The van der Waals surface area contributed by atoms with E-state index >= 15 is 0 Å². The normalized spacial score (nSPS) is 16.4. The molecule has 0 saturated carbocycles. The van der Waals surface area contributed by atoms with Crippen LogP contribution in [0.2, 0.25) is 0 Å². The van der Waals surface area contributed by atoms with Crippen LogP contribution in [0.1, 0.15) is 38.2 Å². The molecule has 0 aliphatic carbocycles. The zero-order valence-electron chi connectivity index (χ0n) is 17.8. The first-order chi connectivity index (χ1) is 15.5. The number of nitro benzene ring substituents is 1. The Bertz CT molecular complexity index is 990. The van der Waals surface area contributed by atoms with E-state index in [2.05, 4.69) is 21.2 Å². The van der Waals surface area contributed by atoms with Gasteiger partial charge < -0.3 is 14.8 Å². The standard InChI is InChI=1S/C21H22BrF3N2O6/c1-3-32-20(29)17-16(13-7-6-8-14(11-13)27(30)31)15(19(28)33-10-5-4-9-22)12(2)26-18(17)21(23,24)25/h6-8,11,16,26H,3-5,9-10H2,1-2H3. The number of dihydropyridines is 1. The molecule has 0 amide bonds. The molecule has 1 aromatic rings. The van der Waals surface area contributed by atoms with Crippen molar-refractivity contribution in [1.29, 1.82) is 0 Å². The molecular formula is C21H22BrF3N2O6. The van der Waals surface area contributed by atoms with E-state index in [4.69, 9.17) is 9.47 Å². The number of carbonyl (C=O) groups excluding carboxylic acids is 2. The first-order valence-corrected chi connectivity index (χ1v) is 11.1. The number of nitrogens with one attached hydrogen (secondary N) is 1. The third-order valence-electron chi connectivity index (χ3n) is 4.74. The molecule has 2 rings (SSSR count). The number of halogens is 4. The zero-order valence-corrected chi connectivity index (χ0v) is 19.4. The SMILES string of the molecule is CCOC(=O)C1=C(C(F)(F)F)NC(C)=C(C(=O)OCCCCBr)C1c1cccc([N+](=O)[O-])c1. The number of esters is 2. The molecular weight excluding hydrogens is 513 g/mol. The van der Waals surface area contributed by atoms with E-state index in [9.17, 15) is 32.9 Å². The van der Waals surface area contributed by atoms with Gasteiger partial charge in [-0.2, -0.15) is 13.2 Å². The van der Waals surface area contributed by atoms with Gasteiger partial charge in [-0.05, 0) is 32.3 Å². The Balaban J connectivity index is 2.70. The van der Waals surface area contributed by atoms with E-state index in [1.807, 2.05) is 0 Å². The van der Waals surface area contributed by atoms with Gasteiger partial charge in [0.1, 0.15) is 5.70 Å². The topological polar surface area (TPSA) is 108 Å². The number of allylic oxidation sites excluding steroid dienone is 2. The van der Waals surface area contributed by atoms with Gasteiger partial charge in [-0.3, -0.25) is 10.1 Å². The van der Waals surface area contributed by atoms with Gasteiger partial charge in [-0.1, -0.05) is 28.1 Å². The molecule has 1 N–H and O–H groups in total. The van der Waals surface area contributed by atoms with Crippen molar-refractivity contribution in [1.82, 2.24) is 5.32 Å². The first kappa shape index (κ1) is 26.4. The Morgan fingerprint density at radius 3 is 2.42 bits per heavy atom. The molecule has 8 nitrogen and oxygen atoms in total. The summed E-state index contributed by atoms with van der Waals surface area (Å²) in [5, 5.41) is 14.0. The van der Waals surface area contributed by atoms with Gasteiger partial charge in [0.05, 0.1) is 35.2 Å². The number of ether oxygens (including phenoxy) is 2. The van der Waals surface area contributed by atoms with Gasteiger partial charge in [0.15, 0.2) is 0 Å². The molecule has 1 aliphatic rings. The molecule has 0 bridgehead atoms. The molecule has 1 aliphatic heterocycles. The quantitative estimate of drug-likeness (QED) is 0.161. The van der Waals surface area contributed by atoms with E-state index in [0.717, 1.165) is 12.1 Å². The van der Waals surface area contributed by atoms with Crippen LogP contribution in [0.5, 0.6) is 0 Å². The highest BCUT2D eigenvalue weighted by Gasteiger charge is 2.47. The van der Waals surface area contributed by atoms with E-state index in [0.29, 0.717) is 18.2 Å². The van der Waals surface area contributed by atoms with Crippen molar-refractivity contribution in [2.75, 3.05) is 18.5 Å². The molecule has 33 heavy (non-hydrogen) atoms. The summed E-state index contributed by atoms with van der Waals surface area (Å²) >= 11 is 3.25. The van der Waals surface area contributed by atoms with Gasteiger partial charge in [-0.15, -0.1) is 0 Å². The minimum atomic E-state index is -4.99. The number of unbranched alkanes of at least 4 members (excludes halogenated alkanes) is 1. The first-order valence-electron chi connectivity index (χ1n) is 9.96. The van der Waals surface area contributed by atoms with Crippen molar-refractivity contribution in [3.05, 3.63) is 62.5 Å². The van der Waals surface area contributed by atoms with Crippen LogP contribution in [0.15, 0.2) is 46.8 Å². The fraction of sp³-hybridized carbons (Fsp3) is 0.429. The Morgan fingerprint density at radius 1 is 1.18 bits per heavy atom. The molecule has 0 aromatic heterocycles. The molecule has 0 radical (unpaired) electrons. The summed E-state index contributed by atoms with van der Waals surface area (Å²) in [4.78, 5) is 36.2. The van der Waals surface area contributed by atoms with Gasteiger partial charge >= 0.3 is 18.1 Å². The summed E-state index contributed by atoms with van der Waals surface area (Å²) in [5.41, 5.74) is -3.18. The lowest BCUT2D eigenvalue weighted by molar-refractivity contribution is -0.384. The van der Waals surface area contributed by atoms with Gasteiger partial charge in [0.25, 0.3) is 5.69 Å². The van der Waals surface area contributed by atoms with Crippen LogP contribution in [0.4, 0.5) is 18.9 Å².